The van der Waals surface area contributed by atoms with Gasteiger partial charge in [-0.15, -0.1) is 0 Å². The molecule has 0 unspecified atom stereocenters. The average Bonchev–Trinajstić information content (AvgIpc) is 1.81. The third kappa shape index (κ3) is 5.66. The second-order valence-electron chi connectivity index (χ2n) is 1.43. The van der Waals surface area contributed by atoms with Crippen molar-refractivity contribution in [3.8, 4) is 0 Å². The van der Waals surface area contributed by atoms with E-state index in [1.165, 1.54) is 0 Å². The molecule has 0 aromatic carbocycles. The summed E-state index contributed by atoms with van der Waals surface area (Å²) in [5.74, 6) is 0. The lowest BCUT2D eigenvalue weighted by Gasteiger charge is -1.86. The maximum absolute atomic E-state index is 4.76. The highest BCUT2D eigenvalue weighted by molar-refractivity contribution is 4.82. The average molecular weight is 114 g/mol. The second kappa shape index (κ2) is 6.66. The summed E-state index contributed by atoms with van der Waals surface area (Å²) in [5.41, 5.74) is 0. The summed E-state index contributed by atoms with van der Waals surface area (Å²) in [5, 5.41) is 3.87. The van der Waals surface area contributed by atoms with Crippen molar-refractivity contribution in [2.75, 3.05) is 27.3 Å². The molecule has 1 radical (unpaired) electrons. The summed E-state index contributed by atoms with van der Waals surface area (Å²) < 4.78 is 4.76. The van der Waals surface area contributed by atoms with Crippen LogP contribution in [0.2, 0.25) is 0 Å². The molecular formula is C6H12NO. The molecule has 2 nitrogen and oxygen atoms in total. The monoisotopic (exact) mass is 114 g/mol. The maximum Gasteiger partial charge on any atom is 0.0644 e. The Bertz CT molecular complexity index is 53.5. The molecule has 0 fully saturated rings. The van der Waals surface area contributed by atoms with E-state index in [-0.39, 0.29) is 0 Å². The van der Waals surface area contributed by atoms with E-state index in [0.29, 0.717) is 6.61 Å². The van der Waals surface area contributed by atoms with Crippen LogP contribution in [0.3, 0.4) is 0 Å². The van der Waals surface area contributed by atoms with Crippen LogP contribution in [-0.4, -0.2) is 27.3 Å². The van der Waals surface area contributed by atoms with Gasteiger partial charge in [0, 0.05) is 20.7 Å². The van der Waals surface area contributed by atoms with Gasteiger partial charge in [-0.3, -0.25) is 0 Å². The van der Waals surface area contributed by atoms with E-state index >= 15 is 0 Å². The molecule has 0 saturated heterocycles. The molecule has 0 amide bonds. The van der Waals surface area contributed by atoms with Crippen molar-refractivity contribution >= 4 is 0 Å². The summed E-state index contributed by atoms with van der Waals surface area (Å²) in [6.07, 6.45) is 3.93. The number of hydrogen-bond donors (Lipinski definition) is 0. The first kappa shape index (κ1) is 7.66. The van der Waals surface area contributed by atoms with E-state index < -0.39 is 0 Å². The molecule has 0 heterocycles. The predicted molar refractivity (Wildman–Crippen MR) is 33.9 cm³/mol. The largest absolute Gasteiger partial charge is 0.381 e. The second-order valence-corrected chi connectivity index (χ2v) is 1.43. The van der Waals surface area contributed by atoms with Crippen molar-refractivity contribution in [2.45, 2.75) is 0 Å². The van der Waals surface area contributed by atoms with Crippen molar-refractivity contribution in [3.63, 3.8) is 0 Å². The van der Waals surface area contributed by atoms with Crippen molar-refractivity contribution in [1.82, 2.24) is 5.32 Å². The summed E-state index contributed by atoms with van der Waals surface area (Å²) in [6.45, 7) is 1.48. The summed E-state index contributed by atoms with van der Waals surface area (Å²) >= 11 is 0. The zero-order valence-corrected chi connectivity index (χ0v) is 5.42. The maximum atomic E-state index is 4.76. The zero-order valence-electron chi connectivity index (χ0n) is 5.42. The molecule has 0 aromatic rings. The highest BCUT2D eigenvalue weighted by atomic mass is 16.5. The van der Waals surface area contributed by atoms with E-state index in [1.807, 2.05) is 12.2 Å². The Hall–Kier alpha value is -0.340. The first-order valence-corrected chi connectivity index (χ1v) is 2.61. The number of likely N-dealkylation sites (N-methyl/N-ethyl adjacent to an activating group) is 1. The Balaban J connectivity index is 2.83. The topological polar surface area (TPSA) is 23.3 Å². The zero-order chi connectivity index (χ0) is 6.24. The molecule has 0 rings (SSSR count). The van der Waals surface area contributed by atoms with Crippen LogP contribution in [0.4, 0.5) is 0 Å². The van der Waals surface area contributed by atoms with Crippen LogP contribution in [0, 0.1) is 0 Å². The lowest BCUT2D eigenvalue weighted by molar-refractivity contribution is 0.233. The lowest BCUT2D eigenvalue weighted by atomic mass is 10.5. The van der Waals surface area contributed by atoms with Crippen LogP contribution in [0.5, 0.6) is 0 Å². The Morgan fingerprint density at radius 2 is 2.25 bits per heavy atom. The van der Waals surface area contributed by atoms with Gasteiger partial charge in [-0.25, -0.2) is 5.32 Å². The first-order chi connectivity index (χ1) is 3.91. The summed E-state index contributed by atoms with van der Waals surface area (Å²) in [4.78, 5) is 0. The molecule has 0 N–H and O–H groups in total. The van der Waals surface area contributed by atoms with Crippen LogP contribution in [0.25, 0.3) is 0 Å². The molecule has 0 aromatic heterocycles. The Labute approximate surface area is 50.5 Å². The molecule has 0 spiro atoms. The molecule has 0 bridgehead atoms. The van der Waals surface area contributed by atoms with Gasteiger partial charge >= 0.3 is 0 Å². The quantitative estimate of drug-likeness (QED) is 0.486. The fraction of sp³-hybridized carbons (Fsp3) is 0.667. The standard InChI is InChI=1S/C6H12NO/c1-7-5-3-4-6-8-2/h3-4H,5-6H2,1-2H3/b4-3+. The third-order valence-corrected chi connectivity index (χ3v) is 0.718. The van der Waals surface area contributed by atoms with Crippen LogP contribution in [0.15, 0.2) is 12.2 Å². The molecular weight excluding hydrogens is 102 g/mol. The fourth-order valence-corrected chi connectivity index (χ4v) is 0.344. The van der Waals surface area contributed by atoms with Gasteiger partial charge in [-0.2, -0.15) is 0 Å². The number of rotatable bonds is 4. The highest BCUT2D eigenvalue weighted by Crippen LogP contribution is 1.71. The molecule has 47 valence electrons. The molecule has 8 heavy (non-hydrogen) atoms. The van der Waals surface area contributed by atoms with Gasteiger partial charge < -0.3 is 4.74 Å². The smallest absolute Gasteiger partial charge is 0.0644 e. The Morgan fingerprint density at radius 1 is 1.50 bits per heavy atom. The number of hydrogen-bond acceptors (Lipinski definition) is 1. The number of nitrogens with zero attached hydrogens (tertiary/aromatic N) is 1. The predicted octanol–water partition coefficient (Wildman–Crippen LogP) is 0.423. The van der Waals surface area contributed by atoms with E-state index in [9.17, 15) is 0 Å². The van der Waals surface area contributed by atoms with Crippen molar-refractivity contribution < 1.29 is 4.74 Å². The minimum absolute atomic E-state index is 0.690. The molecule has 0 aliphatic carbocycles. The van der Waals surface area contributed by atoms with E-state index in [2.05, 4.69) is 5.32 Å². The van der Waals surface area contributed by atoms with Crippen molar-refractivity contribution in [3.05, 3.63) is 12.2 Å². The van der Waals surface area contributed by atoms with Crippen LogP contribution in [0.1, 0.15) is 0 Å². The number of ether oxygens (including phenoxy) is 1. The van der Waals surface area contributed by atoms with Gasteiger partial charge in [-0.1, -0.05) is 12.2 Å². The van der Waals surface area contributed by atoms with Gasteiger partial charge in [0.1, 0.15) is 0 Å². The van der Waals surface area contributed by atoms with Gasteiger partial charge in [0.25, 0.3) is 0 Å². The summed E-state index contributed by atoms with van der Waals surface area (Å²) in [7, 11) is 3.46. The first-order valence-electron chi connectivity index (χ1n) is 2.61. The van der Waals surface area contributed by atoms with Crippen molar-refractivity contribution in [2.24, 2.45) is 0 Å². The SMILES string of the molecule is C[N]C/C=C/COC. The minimum Gasteiger partial charge on any atom is -0.381 e. The van der Waals surface area contributed by atoms with Crippen LogP contribution in [-0.2, 0) is 4.74 Å². The van der Waals surface area contributed by atoms with Gasteiger partial charge in [-0.05, 0) is 0 Å². The molecule has 2 heteroatoms. The molecule has 0 aliphatic heterocycles. The highest BCUT2D eigenvalue weighted by Gasteiger charge is 1.70. The number of methoxy groups -OCH3 is 1. The van der Waals surface area contributed by atoms with E-state index in [1.54, 1.807) is 14.2 Å². The van der Waals surface area contributed by atoms with E-state index in [0.717, 1.165) is 6.54 Å². The van der Waals surface area contributed by atoms with Crippen LogP contribution >= 0.6 is 0 Å². The van der Waals surface area contributed by atoms with Crippen LogP contribution < -0.4 is 5.32 Å². The normalized spacial score (nSPS) is 10.8. The minimum atomic E-state index is 0.690. The summed E-state index contributed by atoms with van der Waals surface area (Å²) in [6, 6.07) is 0. The van der Waals surface area contributed by atoms with Gasteiger partial charge in [0.15, 0.2) is 0 Å². The molecule has 0 saturated carbocycles. The van der Waals surface area contributed by atoms with Gasteiger partial charge in [0.2, 0.25) is 0 Å². The van der Waals surface area contributed by atoms with Gasteiger partial charge in [0.05, 0.1) is 6.61 Å². The fourth-order valence-electron chi connectivity index (χ4n) is 0.344. The molecule has 0 aliphatic rings. The Kier molecular flexibility index (Phi) is 6.38. The van der Waals surface area contributed by atoms with E-state index in [4.69, 9.17) is 4.74 Å². The Morgan fingerprint density at radius 3 is 2.75 bits per heavy atom. The lowest BCUT2D eigenvalue weighted by Crippen LogP contribution is -1.94. The third-order valence-electron chi connectivity index (χ3n) is 0.718. The van der Waals surface area contributed by atoms with Crippen molar-refractivity contribution in [1.29, 1.82) is 0 Å². The molecule has 0 atom stereocenters.